The fourth-order valence-corrected chi connectivity index (χ4v) is 3.18. The van der Waals surface area contributed by atoms with Gasteiger partial charge in [0.15, 0.2) is 0 Å². The molecule has 2 aromatic carbocycles. The number of nitrogens with one attached hydrogen (secondary N) is 2. The number of carbonyl (C=O) groups excluding carboxylic acids is 1. The molecule has 0 fully saturated rings. The molecule has 6 nitrogen and oxygen atoms in total. The van der Waals surface area contributed by atoms with E-state index in [4.69, 9.17) is 9.72 Å². The second kappa shape index (κ2) is 8.06. The van der Waals surface area contributed by atoms with Gasteiger partial charge in [0, 0.05) is 17.4 Å². The van der Waals surface area contributed by atoms with Crippen molar-refractivity contribution in [1.82, 2.24) is 9.38 Å². The first kappa shape index (κ1) is 18.6. The number of hydrogen-bond donors (Lipinski definition) is 2. The van der Waals surface area contributed by atoms with Gasteiger partial charge in [-0.25, -0.2) is 9.78 Å². The van der Waals surface area contributed by atoms with Crippen molar-refractivity contribution < 1.29 is 9.53 Å². The number of nitrogens with zero attached hydrogens (tertiary/aromatic N) is 2. The number of pyridine rings is 1. The van der Waals surface area contributed by atoms with E-state index >= 15 is 0 Å². The molecule has 0 saturated carbocycles. The highest BCUT2D eigenvalue weighted by Crippen LogP contribution is 2.29. The third kappa shape index (κ3) is 4.06. The molecule has 0 radical (unpaired) electrons. The van der Waals surface area contributed by atoms with Crippen LogP contribution in [-0.2, 0) is 0 Å². The Hall–Kier alpha value is -3.80. The molecule has 4 rings (SSSR count). The van der Waals surface area contributed by atoms with Crippen molar-refractivity contribution in [3.05, 3.63) is 78.5 Å². The zero-order valence-corrected chi connectivity index (χ0v) is 16.3. The first-order valence-electron chi connectivity index (χ1n) is 9.49. The number of ether oxygens (including phenoxy) is 1. The number of imidazole rings is 1. The van der Waals surface area contributed by atoms with Gasteiger partial charge in [0.2, 0.25) is 0 Å². The molecule has 6 heteroatoms. The standard InChI is InChI=1S/C23H22N4O2/c1-3-29-19-12-10-18(11-13-19)24-23(28)26-22-21(17-8-6-7-16(2)15-17)25-20-9-4-5-14-27(20)22/h4-15H,3H2,1-2H3,(H2,24,26,28). The fraction of sp³-hybridized carbons (Fsp3) is 0.130. The molecule has 0 atom stereocenters. The predicted molar refractivity (Wildman–Crippen MR) is 116 cm³/mol. The maximum atomic E-state index is 12.7. The van der Waals surface area contributed by atoms with E-state index in [1.54, 1.807) is 12.1 Å². The molecule has 0 saturated heterocycles. The average Bonchev–Trinajstić information content (AvgIpc) is 3.08. The van der Waals surface area contributed by atoms with Gasteiger partial charge in [0.25, 0.3) is 0 Å². The molecule has 146 valence electrons. The molecule has 4 aromatic rings. The van der Waals surface area contributed by atoms with Gasteiger partial charge >= 0.3 is 6.03 Å². The number of rotatable bonds is 5. The van der Waals surface area contributed by atoms with Crippen LogP contribution in [0.25, 0.3) is 16.9 Å². The maximum Gasteiger partial charge on any atom is 0.324 e. The fourth-order valence-electron chi connectivity index (χ4n) is 3.18. The zero-order chi connectivity index (χ0) is 20.2. The van der Waals surface area contributed by atoms with Gasteiger partial charge in [0.1, 0.15) is 22.9 Å². The van der Waals surface area contributed by atoms with Gasteiger partial charge in [-0.05, 0) is 56.3 Å². The highest BCUT2D eigenvalue weighted by atomic mass is 16.5. The highest BCUT2D eigenvalue weighted by molar-refractivity contribution is 6.01. The molecule has 0 aliphatic carbocycles. The van der Waals surface area contributed by atoms with Crippen LogP contribution >= 0.6 is 0 Å². The van der Waals surface area contributed by atoms with Gasteiger partial charge < -0.3 is 10.1 Å². The molecule has 2 heterocycles. The Balaban J connectivity index is 1.62. The number of carbonyl (C=O) groups is 1. The van der Waals surface area contributed by atoms with E-state index in [0.717, 1.165) is 28.2 Å². The molecule has 0 aliphatic heterocycles. The minimum atomic E-state index is -0.339. The Kier molecular flexibility index (Phi) is 5.16. The van der Waals surface area contributed by atoms with E-state index in [0.29, 0.717) is 18.1 Å². The normalized spacial score (nSPS) is 10.7. The average molecular weight is 386 g/mol. The van der Waals surface area contributed by atoms with Crippen molar-refractivity contribution in [2.45, 2.75) is 13.8 Å². The summed E-state index contributed by atoms with van der Waals surface area (Å²) >= 11 is 0. The Labute approximate surface area is 169 Å². The lowest BCUT2D eigenvalue weighted by atomic mass is 10.1. The molecule has 0 unspecified atom stereocenters. The number of aryl methyl sites for hydroxylation is 1. The third-order valence-corrected chi connectivity index (χ3v) is 4.48. The SMILES string of the molecule is CCOc1ccc(NC(=O)Nc2c(-c3cccc(C)c3)nc3ccccn23)cc1. The van der Waals surface area contributed by atoms with Crippen LogP contribution in [0, 0.1) is 6.92 Å². The Morgan fingerprint density at radius 3 is 2.62 bits per heavy atom. The number of benzene rings is 2. The van der Waals surface area contributed by atoms with E-state index in [1.807, 2.05) is 73.0 Å². The van der Waals surface area contributed by atoms with Crippen LogP contribution in [0.3, 0.4) is 0 Å². The molecular formula is C23H22N4O2. The van der Waals surface area contributed by atoms with E-state index in [-0.39, 0.29) is 6.03 Å². The minimum absolute atomic E-state index is 0.339. The lowest BCUT2D eigenvalue weighted by Gasteiger charge is -2.10. The molecule has 0 spiro atoms. The van der Waals surface area contributed by atoms with Crippen LogP contribution in [0.4, 0.5) is 16.3 Å². The van der Waals surface area contributed by atoms with Crippen molar-refractivity contribution >= 4 is 23.2 Å². The number of amides is 2. The van der Waals surface area contributed by atoms with Gasteiger partial charge in [-0.1, -0.05) is 29.8 Å². The number of anilines is 2. The van der Waals surface area contributed by atoms with Crippen LogP contribution in [-0.4, -0.2) is 22.0 Å². The maximum absolute atomic E-state index is 12.7. The topological polar surface area (TPSA) is 67.7 Å². The Bertz CT molecular complexity index is 1150. The first-order valence-corrected chi connectivity index (χ1v) is 9.49. The molecule has 2 N–H and O–H groups in total. The quantitative estimate of drug-likeness (QED) is 0.486. The molecule has 2 amide bonds. The second-order valence-corrected chi connectivity index (χ2v) is 6.64. The third-order valence-electron chi connectivity index (χ3n) is 4.48. The van der Waals surface area contributed by atoms with Gasteiger partial charge in [-0.2, -0.15) is 0 Å². The Morgan fingerprint density at radius 2 is 1.86 bits per heavy atom. The van der Waals surface area contributed by atoms with Crippen LogP contribution in [0.1, 0.15) is 12.5 Å². The highest BCUT2D eigenvalue weighted by Gasteiger charge is 2.16. The van der Waals surface area contributed by atoms with E-state index in [2.05, 4.69) is 16.7 Å². The van der Waals surface area contributed by atoms with Crippen LogP contribution in [0.5, 0.6) is 5.75 Å². The minimum Gasteiger partial charge on any atom is -0.494 e. The van der Waals surface area contributed by atoms with Crippen LogP contribution in [0.2, 0.25) is 0 Å². The number of aromatic nitrogens is 2. The summed E-state index contributed by atoms with van der Waals surface area (Å²) in [6.45, 7) is 4.57. The largest absolute Gasteiger partial charge is 0.494 e. The summed E-state index contributed by atoms with van der Waals surface area (Å²) in [5, 5.41) is 5.82. The van der Waals surface area contributed by atoms with Gasteiger partial charge in [-0.3, -0.25) is 9.72 Å². The number of hydrogen-bond acceptors (Lipinski definition) is 3. The summed E-state index contributed by atoms with van der Waals surface area (Å²) in [5.74, 6) is 1.39. The lowest BCUT2D eigenvalue weighted by Crippen LogP contribution is -2.20. The molecule has 0 bridgehead atoms. The van der Waals surface area contributed by atoms with Crippen molar-refractivity contribution in [2.75, 3.05) is 17.2 Å². The predicted octanol–water partition coefficient (Wildman–Crippen LogP) is 5.35. The number of urea groups is 1. The Morgan fingerprint density at radius 1 is 1.03 bits per heavy atom. The van der Waals surface area contributed by atoms with Crippen molar-refractivity contribution in [2.24, 2.45) is 0 Å². The van der Waals surface area contributed by atoms with Crippen LogP contribution in [0.15, 0.2) is 72.9 Å². The van der Waals surface area contributed by atoms with E-state index < -0.39 is 0 Å². The number of fused-ring (bicyclic) bond motifs is 1. The molecular weight excluding hydrogens is 364 g/mol. The van der Waals surface area contributed by atoms with Gasteiger partial charge in [-0.15, -0.1) is 0 Å². The summed E-state index contributed by atoms with van der Waals surface area (Å²) < 4.78 is 7.30. The van der Waals surface area contributed by atoms with E-state index in [9.17, 15) is 4.79 Å². The molecule has 0 aliphatic rings. The summed E-state index contributed by atoms with van der Waals surface area (Å²) in [4.78, 5) is 17.4. The summed E-state index contributed by atoms with van der Waals surface area (Å²) in [5.41, 5.74) is 4.24. The monoisotopic (exact) mass is 386 g/mol. The molecule has 29 heavy (non-hydrogen) atoms. The lowest BCUT2D eigenvalue weighted by molar-refractivity contribution is 0.262. The summed E-state index contributed by atoms with van der Waals surface area (Å²) in [7, 11) is 0. The smallest absolute Gasteiger partial charge is 0.324 e. The summed E-state index contributed by atoms with van der Waals surface area (Å²) in [6, 6.07) is 20.7. The van der Waals surface area contributed by atoms with E-state index in [1.165, 1.54) is 0 Å². The van der Waals surface area contributed by atoms with Crippen molar-refractivity contribution in [3.63, 3.8) is 0 Å². The zero-order valence-electron chi connectivity index (χ0n) is 16.3. The van der Waals surface area contributed by atoms with Crippen molar-refractivity contribution in [3.8, 4) is 17.0 Å². The van der Waals surface area contributed by atoms with Crippen LogP contribution < -0.4 is 15.4 Å². The molecule has 2 aromatic heterocycles. The second-order valence-electron chi connectivity index (χ2n) is 6.64. The van der Waals surface area contributed by atoms with Gasteiger partial charge in [0.05, 0.1) is 6.61 Å². The van der Waals surface area contributed by atoms with Crippen molar-refractivity contribution in [1.29, 1.82) is 0 Å². The summed E-state index contributed by atoms with van der Waals surface area (Å²) in [6.07, 6.45) is 1.88. The first-order chi connectivity index (χ1) is 14.1.